The van der Waals surface area contributed by atoms with Crippen LogP contribution in [0.4, 0.5) is 10.5 Å². The highest BCUT2D eigenvalue weighted by atomic mass is 16.6. The lowest BCUT2D eigenvalue weighted by atomic mass is 10.0. The topological polar surface area (TPSA) is 109 Å². The molecule has 2 atom stereocenters. The lowest BCUT2D eigenvalue weighted by Gasteiger charge is -2.38. The van der Waals surface area contributed by atoms with Crippen LogP contribution in [0.5, 0.6) is 0 Å². The lowest BCUT2D eigenvalue weighted by molar-refractivity contribution is -0.135. The van der Waals surface area contributed by atoms with Crippen LogP contribution >= 0.6 is 0 Å². The molecule has 3 aliphatic rings. The predicted molar refractivity (Wildman–Crippen MR) is 152 cm³/mol. The normalized spacial score (nSPS) is 22.9. The number of hydrogen-bond donors (Lipinski definition) is 1. The maximum Gasteiger partial charge on any atom is 0.410 e. The van der Waals surface area contributed by atoms with Gasteiger partial charge in [0, 0.05) is 57.9 Å². The van der Waals surface area contributed by atoms with Gasteiger partial charge in [0.25, 0.3) is 0 Å². The van der Waals surface area contributed by atoms with Crippen molar-refractivity contribution in [3.05, 3.63) is 28.7 Å². The van der Waals surface area contributed by atoms with Gasteiger partial charge in [0.05, 0.1) is 11.0 Å². The van der Waals surface area contributed by atoms with Gasteiger partial charge in [-0.25, -0.2) is 9.59 Å². The number of piperidine rings is 2. The summed E-state index contributed by atoms with van der Waals surface area (Å²) in [7, 11) is 3.92. The molecule has 1 aromatic carbocycles. The fourth-order valence-electron chi connectivity index (χ4n) is 6.37. The average molecular weight is 555 g/mol. The molecule has 1 aromatic heterocycles. The molecule has 2 aromatic rings. The van der Waals surface area contributed by atoms with Gasteiger partial charge < -0.3 is 19.4 Å². The first-order chi connectivity index (χ1) is 18.9. The molecule has 3 saturated heterocycles. The number of nitrogens with zero attached hydrogens (tertiary/aromatic N) is 5. The summed E-state index contributed by atoms with van der Waals surface area (Å²) in [6, 6.07) is 5.78. The second-order valence-corrected chi connectivity index (χ2v) is 12.6. The third-order valence-electron chi connectivity index (χ3n) is 8.53. The van der Waals surface area contributed by atoms with E-state index in [0.29, 0.717) is 23.9 Å². The molecule has 5 rings (SSSR count). The van der Waals surface area contributed by atoms with E-state index in [4.69, 9.17) is 4.74 Å². The monoisotopic (exact) mass is 554 g/mol. The van der Waals surface area contributed by atoms with Crippen LogP contribution in [-0.2, 0) is 21.4 Å². The first-order valence-corrected chi connectivity index (χ1v) is 14.4. The summed E-state index contributed by atoms with van der Waals surface area (Å²) in [6.45, 7) is 9.98. The van der Waals surface area contributed by atoms with Crippen molar-refractivity contribution in [3.8, 4) is 0 Å². The van der Waals surface area contributed by atoms with Gasteiger partial charge in [-0.15, -0.1) is 0 Å². The van der Waals surface area contributed by atoms with Gasteiger partial charge in [-0.2, -0.15) is 0 Å². The predicted octanol–water partition coefficient (Wildman–Crippen LogP) is 2.48. The van der Waals surface area contributed by atoms with Gasteiger partial charge in [-0.05, 0) is 77.6 Å². The van der Waals surface area contributed by atoms with Gasteiger partial charge >= 0.3 is 11.8 Å². The Kier molecular flexibility index (Phi) is 7.69. The van der Waals surface area contributed by atoms with Crippen LogP contribution < -0.4 is 15.9 Å². The van der Waals surface area contributed by atoms with E-state index in [1.807, 2.05) is 43.9 Å². The number of ether oxygens (including phenoxy) is 1. The van der Waals surface area contributed by atoms with Gasteiger partial charge in [-0.3, -0.25) is 24.0 Å². The van der Waals surface area contributed by atoms with E-state index in [2.05, 4.69) is 22.2 Å². The van der Waals surface area contributed by atoms with Crippen LogP contribution in [0.1, 0.15) is 58.9 Å². The Morgan fingerprint density at radius 1 is 1.05 bits per heavy atom. The summed E-state index contributed by atoms with van der Waals surface area (Å²) in [5, 5.41) is 2.36. The van der Waals surface area contributed by atoms with E-state index < -0.39 is 17.6 Å². The molecule has 0 bridgehead atoms. The van der Waals surface area contributed by atoms with Crippen molar-refractivity contribution in [2.45, 2.75) is 70.6 Å². The van der Waals surface area contributed by atoms with Crippen LogP contribution in [0.15, 0.2) is 23.0 Å². The summed E-state index contributed by atoms with van der Waals surface area (Å²) in [5.74, 6) is -0.263. The minimum absolute atomic E-state index is 0.215. The Morgan fingerprint density at radius 2 is 1.77 bits per heavy atom. The van der Waals surface area contributed by atoms with Crippen molar-refractivity contribution >= 4 is 34.6 Å². The zero-order valence-corrected chi connectivity index (χ0v) is 24.3. The standard InChI is InChI=1S/C29H42N6O5/c1-29(2,3)40-28(39)34-13-10-19(18-34)17-31(4)20-11-14-33(15-12-20)21-6-7-22-24(16-21)32(5)27(38)35(22)23-8-9-25(36)30-26(23)37/h6-7,16,19-20,23H,8-15,17-18H2,1-5H3,(H,30,36,37)/t19-,23-/m1/s1. The molecule has 0 radical (unpaired) electrons. The number of carbonyl (C=O) groups excluding carboxylic acids is 3. The highest BCUT2D eigenvalue weighted by Gasteiger charge is 2.33. The third kappa shape index (κ3) is 5.75. The number of fused-ring (bicyclic) bond motifs is 1. The fraction of sp³-hybridized carbons (Fsp3) is 0.655. The number of imidazole rings is 1. The second-order valence-electron chi connectivity index (χ2n) is 12.6. The van der Waals surface area contributed by atoms with Crippen molar-refractivity contribution in [2.75, 3.05) is 44.7 Å². The first-order valence-electron chi connectivity index (χ1n) is 14.4. The van der Waals surface area contributed by atoms with Crippen molar-refractivity contribution in [2.24, 2.45) is 13.0 Å². The zero-order valence-electron chi connectivity index (χ0n) is 24.3. The third-order valence-corrected chi connectivity index (χ3v) is 8.53. The SMILES string of the molecule is CN(C[C@H]1CCN(C(=O)OC(C)(C)C)C1)C1CCN(c2ccc3c(c2)n(C)c(=O)n3[C@@H]2CCC(=O)NC2=O)CC1. The van der Waals surface area contributed by atoms with Crippen LogP contribution in [0.25, 0.3) is 11.0 Å². The number of rotatable bonds is 5. The lowest BCUT2D eigenvalue weighted by Crippen LogP contribution is -2.45. The number of hydrogen-bond acceptors (Lipinski definition) is 7. The molecule has 0 unspecified atom stereocenters. The molecule has 0 aliphatic carbocycles. The summed E-state index contributed by atoms with van der Waals surface area (Å²) < 4.78 is 8.66. The number of benzene rings is 1. The van der Waals surface area contributed by atoms with Gasteiger partial charge in [0.1, 0.15) is 11.6 Å². The van der Waals surface area contributed by atoms with Crippen molar-refractivity contribution in [3.63, 3.8) is 0 Å². The van der Waals surface area contributed by atoms with E-state index in [-0.39, 0.29) is 24.1 Å². The van der Waals surface area contributed by atoms with E-state index in [1.54, 1.807) is 11.6 Å². The largest absolute Gasteiger partial charge is 0.444 e. The van der Waals surface area contributed by atoms with E-state index in [0.717, 1.165) is 63.2 Å². The Labute approximate surface area is 235 Å². The van der Waals surface area contributed by atoms with Gasteiger partial charge in [0.15, 0.2) is 0 Å². The number of carbonyl (C=O) groups is 3. The van der Waals surface area contributed by atoms with Crippen LogP contribution in [0, 0.1) is 5.92 Å². The molecule has 3 amide bonds. The molecule has 11 nitrogen and oxygen atoms in total. The molecular weight excluding hydrogens is 512 g/mol. The fourth-order valence-corrected chi connectivity index (χ4v) is 6.37. The van der Waals surface area contributed by atoms with Crippen molar-refractivity contribution in [1.82, 2.24) is 24.3 Å². The summed E-state index contributed by atoms with van der Waals surface area (Å²) in [4.78, 5) is 56.3. The number of imide groups is 1. The molecule has 218 valence electrons. The smallest absolute Gasteiger partial charge is 0.410 e. The number of anilines is 1. The molecule has 11 heteroatoms. The first kappa shape index (κ1) is 28.2. The van der Waals surface area contributed by atoms with Gasteiger partial charge in [0.2, 0.25) is 11.8 Å². The molecule has 1 N–H and O–H groups in total. The van der Waals surface area contributed by atoms with E-state index >= 15 is 0 Å². The molecular formula is C29H42N6O5. The Balaban J connectivity index is 1.19. The average Bonchev–Trinajstić information content (AvgIpc) is 3.46. The summed E-state index contributed by atoms with van der Waals surface area (Å²) in [6.07, 6.45) is 3.41. The quantitative estimate of drug-likeness (QED) is 0.566. The maximum absolute atomic E-state index is 13.1. The maximum atomic E-state index is 13.1. The minimum Gasteiger partial charge on any atom is -0.444 e. The number of aromatic nitrogens is 2. The van der Waals surface area contributed by atoms with Crippen LogP contribution in [-0.4, -0.2) is 88.3 Å². The number of aryl methyl sites for hydroxylation is 1. The molecule has 40 heavy (non-hydrogen) atoms. The molecule has 4 heterocycles. The van der Waals surface area contributed by atoms with E-state index in [9.17, 15) is 19.2 Å². The highest BCUT2D eigenvalue weighted by Crippen LogP contribution is 2.29. The number of amides is 3. The second kappa shape index (κ2) is 10.9. The summed E-state index contributed by atoms with van der Waals surface area (Å²) >= 11 is 0. The summed E-state index contributed by atoms with van der Waals surface area (Å²) in [5.41, 5.74) is 1.82. The van der Waals surface area contributed by atoms with Crippen molar-refractivity contribution < 1.29 is 19.1 Å². The minimum atomic E-state index is -0.679. The number of nitrogens with one attached hydrogen (secondary N) is 1. The zero-order chi connectivity index (χ0) is 28.8. The molecule has 0 spiro atoms. The van der Waals surface area contributed by atoms with Crippen LogP contribution in [0.3, 0.4) is 0 Å². The molecule has 3 aliphatic heterocycles. The van der Waals surface area contributed by atoms with E-state index in [1.165, 1.54) is 4.57 Å². The molecule has 3 fully saturated rings. The Morgan fingerprint density at radius 3 is 2.45 bits per heavy atom. The van der Waals surface area contributed by atoms with Gasteiger partial charge in [-0.1, -0.05) is 0 Å². The van der Waals surface area contributed by atoms with Crippen LogP contribution in [0.2, 0.25) is 0 Å². The molecule has 0 saturated carbocycles. The highest BCUT2D eigenvalue weighted by molar-refractivity contribution is 6.00. The number of likely N-dealkylation sites (tertiary alicyclic amines) is 1. The Hall–Kier alpha value is -3.34. The Bertz CT molecular complexity index is 1350. The van der Waals surface area contributed by atoms with Crippen molar-refractivity contribution in [1.29, 1.82) is 0 Å².